The van der Waals surface area contributed by atoms with Crippen molar-refractivity contribution in [2.24, 2.45) is 5.73 Å². The summed E-state index contributed by atoms with van der Waals surface area (Å²) >= 11 is 1.72. The van der Waals surface area contributed by atoms with Gasteiger partial charge >= 0.3 is 0 Å². The van der Waals surface area contributed by atoms with Crippen LogP contribution in [-0.2, 0) is 6.42 Å². The van der Waals surface area contributed by atoms with E-state index < -0.39 is 0 Å². The Labute approximate surface area is 113 Å². The molecule has 1 atom stereocenters. The minimum absolute atomic E-state index is 0.250. The minimum atomic E-state index is 0.250. The largest absolute Gasteiger partial charge is 0.327 e. The molecule has 96 valence electrons. The highest BCUT2D eigenvalue weighted by Crippen LogP contribution is 2.22. The van der Waals surface area contributed by atoms with Crippen LogP contribution in [0.1, 0.15) is 31.2 Å². The van der Waals surface area contributed by atoms with Gasteiger partial charge < -0.3 is 5.73 Å². The molecular weight excluding hydrogens is 240 g/mol. The van der Waals surface area contributed by atoms with Crippen LogP contribution < -0.4 is 5.73 Å². The van der Waals surface area contributed by atoms with Crippen LogP contribution in [-0.4, -0.2) is 11.0 Å². The summed E-state index contributed by atoms with van der Waals surface area (Å²) in [5, 5.41) is 3.27. The standard InChI is InChI=1S/C15H20N2S/c1-2-3-9-13(16)10-15-17-14(11-18-15)12-7-5-4-6-8-12/h4-8,11,13H,2-3,9-10,16H2,1H3. The molecule has 2 rings (SSSR count). The molecule has 3 heteroatoms. The monoisotopic (exact) mass is 260 g/mol. The number of hydrogen-bond donors (Lipinski definition) is 1. The molecule has 2 nitrogen and oxygen atoms in total. The normalized spacial score (nSPS) is 12.6. The molecule has 0 bridgehead atoms. The lowest BCUT2D eigenvalue weighted by molar-refractivity contribution is 0.573. The van der Waals surface area contributed by atoms with Gasteiger partial charge in [-0.05, 0) is 6.42 Å². The fraction of sp³-hybridized carbons (Fsp3) is 0.400. The molecule has 0 amide bonds. The fourth-order valence-corrected chi connectivity index (χ4v) is 2.84. The zero-order valence-corrected chi connectivity index (χ0v) is 11.6. The Balaban J connectivity index is 1.98. The third-order valence-corrected chi connectivity index (χ3v) is 3.86. The molecule has 2 aromatic rings. The molecule has 0 aliphatic heterocycles. The van der Waals surface area contributed by atoms with Crippen molar-refractivity contribution in [1.82, 2.24) is 4.98 Å². The van der Waals surface area contributed by atoms with Crippen molar-refractivity contribution >= 4 is 11.3 Å². The van der Waals surface area contributed by atoms with E-state index in [1.807, 2.05) is 18.2 Å². The van der Waals surface area contributed by atoms with E-state index in [1.54, 1.807) is 11.3 Å². The molecule has 1 unspecified atom stereocenters. The first-order valence-corrected chi connectivity index (χ1v) is 7.43. The first-order chi connectivity index (χ1) is 8.79. The first-order valence-electron chi connectivity index (χ1n) is 6.55. The van der Waals surface area contributed by atoms with Gasteiger partial charge in [0.2, 0.25) is 0 Å². The molecule has 0 aliphatic rings. The van der Waals surface area contributed by atoms with Crippen LogP contribution in [0.4, 0.5) is 0 Å². The van der Waals surface area contributed by atoms with Crippen LogP contribution in [0.2, 0.25) is 0 Å². The Bertz CT molecular complexity index is 464. The van der Waals surface area contributed by atoms with Crippen molar-refractivity contribution in [2.75, 3.05) is 0 Å². The molecule has 0 spiro atoms. The van der Waals surface area contributed by atoms with Crippen LogP contribution in [0.15, 0.2) is 35.7 Å². The number of rotatable bonds is 6. The van der Waals surface area contributed by atoms with Crippen molar-refractivity contribution in [3.05, 3.63) is 40.7 Å². The van der Waals surface area contributed by atoms with Crippen molar-refractivity contribution in [2.45, 2.75) is 38.6 Å². The highest BCUT2D eigenvalue weighted by atomic mass is 32.1. The number of unbranched alkanes of at least 4 members (excludes halogenated alkanes) is 1. The molecule has 0 fully saturated rings. The van der Waals surface area contributed by atoms with Crippen LogP contribution in [0.5, 0.6) is 0 Å². The van der Waals surface area contributed by atoms with E-state index in [1.165, 1.54) is 18.4 Å². The Morgan fingerprint density at radius 1 is 1.28 bits per heavy atom. The number of nitrogens with two attached hydrogens (primary N) is 1. The van der Waals surface area contributed by atoms with Crippen molar-refractivity contribution in [3.8, 4) is 11.3 Å². The maximum Gasteiger partial charge on any atom is 0.0948 e. The molecule has 0 saturated carbocycles. The lowest BCUT2D eigenvalue weighted by Crippen LogP contribution is -2.22. The van der Waals surface area contributed by atoms with Gasteiger partial charge in [0.25, 0.3) is 0 Å². The molecule has 0 saturated heterocycles. The molecular formula is C15H20N2S. The topological polar surface area (TPSA) is 38.9 Å². The van der Waals surface area contributed by atoms with Gasteiger partial charge in [0.1, 0.15) is 0 Å². The van der Waals surface area contributed by atoms with Gasteiger partial charge in [-0.3, -0.25) is 0 Å². The Hall–Kier alpha value is -1.19. The molecule has 0 aliphatic carbocycles. The SMILES string of the molecule is CCCCC(N)Cc1nc(-c2ccccc2)cs1. The summed E-state index contributed by atoms with van der Waals surface area (Å²) in [6.07, 6.45) is 4.41. The first kappa shape index (κ1) is 13.2. The second kappa shape index (κ2) is 6.66. The molecule has 18 heavy (non-hydrogen) atoms. The molecule has 1 aromatic heterocycles. The fourth-order valence-electron chi connectivity index (χ4n) is 1.94. The second-order valence-electron chi connectivity index (χ2n) is 4.60. The number of nitrogens with zero attached hydrogens (tertiary/aromatic N) is 1. The minimum Gasteiger partial charge on any atom is -0.327 e. The molecule has 2 N–H and O–H groups in total. The van der Waals surface area contributed by atoms with Crippen molar-refractivity contribution in [3.63, 3.8) is 0 Å². The van der Waals surface area contributed by atoms with Crippen LogP contribution in [0.3, 0.4) is 0 Å². The lowest BCUT2D eigenvalue weighted by Gasteiger charge is -2.07. The number of benzene rings is 1. The van der Waals surface area contributed by atoms with E-state index in [4.69, 9.17) is 5.73 Å². The summed E-state index contributed by atoms with van der Waals surface area (Å²) in [7, 11) is 0. The van der Waals surface area contributed by atoms with E-state index >= 15 is 0 Å². The van der Waals surface area contributed by atoms with Crippen LogP contribution in [0.25, 0.3) is 11.3 Å². The average Bonchev–Trinajstić information content (AvgIpc) is 2.86. The molecule has 1 heterocycles. The predicted octanol–water partition coefficient (Wildman–Crippen LogP) is 3.87. The van der Waals surface area contributed by atoms with Crippen molar-refractivity contribution in [1.29, 1.82) is 0 Å². The summed E-state index contributed by atoms with van der Waals surface area (Å²) in [6, 6.07) is 10.5. The van der Waals surface area contributed by atoms with Gasteiger partial charge in [-0.15, -0.1) is 11.3 Å². The quantitative estimate of drug-likeness (QED) is 0.856. The third kappa shape index (κ3) is 3.65. The summed E-state index contributed by atoms with van der Waals surface area (Å²) in [5.74, 6) is 0. The molecule has 0 radical (unpaired) electrons. The van der Waals surface area contributed by atoms with Crippen molar-refractivity contribution < 1.29 is 0 Å². The maximum absolute atomic E-state index is 6.11. The lowest BCUT2D eigenvalue weighted by atomic mass is 10.1. The highest BCUT2D eigenvalue weighted by molar-refractivity contribution is 7.09. The highest BCUT2D eigenvalue weighted by Gasteiger charge is 2.08. The van der Waals surface area contributed by atoms with Gasteiger partial charge in [-0.1, -0.05) is 50.1 Å². The zero-order chi connectivity index (χ0) is 12.8. The van der Waals surface area contributed by atoms with Gasteiger partial charge in [-0.2, -0.15) is 0 Å². The van der Waals surface area contributed by atoms with Gasteiger partial charge in [0, 0.05) is 23.4 Å². The van der Waals surface area contributed by atoms with Gasteiger partial charge in [-0.25, -0.2) is 4.98 Å². The third-order valence-electron chi connectivity index (χ3n) is 2.99. The van der Waals surface area contributed by atoms with E-state index in [0.717, 1.165) is 23.5 Å². The summed E-state index contributed by atoms with van der Waals surface area (Å²) in [5.41, 5.74) is 8.36. The number of thiazole rings is 1. The molecule has 1 aromatic carbocycles. The maximum atomic E-state index is 6.11. The van der Waals surface area contributed by atoms with E-state index in [0.29, 0.717) is 0 Å². The predicted molar refractivity (Wildman–Crippen MR) is 78.8 cm³/mol. The Kier molecular flexibility index (Phi) is 4.90. The Morgan fingerprint density at radius 2 is 2.06 bits per heavy atom. The number of aromatic nitrogens is 1. The van der Waals surface area contributed by atoms with E-state index in [9.17, 15) is 0 Å². The van der Waals surface area contributed by atoms with Crippen LogP contribution in [0, 0.1) is 0 Å². The van der Waals surface area contributed by atoms with E-state index in [-0.39, 0.29) is 6.04 Å². The summed E-state index contributed by atoms with van der Waals surface area (Å²) in [6.45, 7) is 2.20. The van der Waals surface area contributed by atoms with Gasteiger partial charge in [0.15, 0.2) is 0 Å². The summed E-state index contributed by atoms with van der Waals surface area (Å²) < 4.78 is 0. The second-order valence-corrected chi connectivity index (χ2v) is 5.54. The average molecular weight is 260 g/mol. The number of hydrogen-bond acceptors (Lipinski definition) is 3. The van der Waals surface area contributed by atoms with E-state index in [2.05, 4.69) is 29.4 Å². The Morgan fingerprint density at radius 3 is 2.78 bits per heavy atom. The smallest absolute Gasteiger partial charge is 0.0948 e. The van der Waals surface area contributed by atoms with Crippen LogP contribution >= 0.6 is 11.3 Å². The van der Waals surface area contributed by atoms with Gasteiger partial charge in [0.05, 0.1) is 10.7 Å². The zero-order valence-electron chi connectivity index (χ0n) is 10.8. The summed E-state index contributed by atoms with van der Waals surface area (Å²) in [4.78, 5) is 4.67.